The van der Waals surface area contributed by atoms with E-state index in [9.17, 15) is 14.4 Å². The number of nitrogens with one attached hydrogen (secondary N) is 2. The van der Waals surface area contributed by atoms with E-state index >= 15 is 0 Å². The smallest absolute Gasteiger partial charge is 0.334 e. The monoisotopic (exact) mass is 324 g/mol. The minimum Gasteiger partial charge on any atom is -0.425 e. The van der Waals surface area contributed by atoms with Gasteiger partial charge < -0.3 is 15.4 Å². The Morgan fingerprint density at radius 1 is 1.14 bits per heavy atom. The molecule has 0 bridgehead atoms. The molecule has 0 aliphatic heterocycles. The topological polar surface area (TPSA) is 84.5 Å². The summed E-state index contributed by atoms with van der Waals surface area (Å²) in [4.78, 5) is 34.2. The average molecular weight is 324 g/mol. The van der Waals surface area contributed by atoms with E-state index in [1.165, 1.54) is 13.8 Å². The number of anilines is 1. The maximum absolute atomic E-state index is 12.1. The molecule has 0 radical (unpaired) electrons. The summed E-state index contributed by atoms with van der Waals surface area (Å²) in [6.45, 7) is 2.78. The van der Waals surface area contributed by atoms with Crippen molar-refractivity contribution in [2.24, 2.45) is 0 Å². The zero-order chi connectivity index (χ0) is 16.5. The fraction of sp³-hybridized carbons (Fsp3) is 0.400. The number of carbonyl (C=O) groups excluding carboxylic acids is 3. The lowest BCUT2D eigenvalue weighted by Crippen LogP contribution is -2.42. The molecule has 1 aromatic rings. The Bertz CT molecular complexity index is 531. The number of ether oxygens (including phenoxy) is 1. The van der Waals surface area contributed by atoms with Gasteiger partial charge in [0.15, 0.2) is 0 Å². The van der Waals surface area contributed by atoms with Gasteiger partial charge in [-0.3, -0.25) is 9.59 Å². The molecule has 0 saturated heterocycles. The Morgan fingerprint density at radius 2 is 1.77 bits per heavy atom. The van der Waals surface area contributed by atoms with Gasteiger partial charge in [-0.15, -0.1) is 0 Å². The Hall–Kier alpha value is -2.02. The van der Waals surface area contributed by atoms with Crippen molar-refractivity contribution in [1.29, 1.82) is 0 Å². The van der Waals surface area contributed by atoms with Gasteiger partial charge >= 0.3 is 5.97 Å². The van der Waals surface area contributed by atoms with Crippen LogP contribution in [0.3, 0.4) is 0 Å². The maximum Gasteiger partial charge on any atom is 0.334 e. The number of rotatable bonds is 7. The summed E-state index contributed by atoms with van der Waals surface area (Å²) in [5.41, 5.74) is 0.619. The third-order valence-electron chi connectivity index (χ3n) is 2.67. The van der Waals surface area contributed by atoms with Crippen molar-refractivity contribution < 1.29 is 19.1 Å². The van der Waals surface area contributed by atoms with E-state index in [0.717, 1.165) is 5.75 Å². The van der Waals surface area contributed by atoms with Crippen LogP contribution < -0.4 is 15.4 Å². The molecular weight excluding hydrogens is 304 g/mol. The number of hydrogen-bond donors (Lipinski definition) is 2. The van der Waals surface area contributed by atoms with Gasteiger partial charge in [-0.25, -0.2) is 4.79 Å². The van der Waals surface area contributed by atoms with Crippen LogP contribution in [0.4, 0.5) is 5.69 Å². The van der Waals surface area contributed by atoms with Crippen LogP contribution in [0.15, 0.2) is 24.3 Å². The molecule has 22 heavy (non-hydrogen) atoms. The molecule has 2 amide bonds. The highest BCUT2D eigenvalue weighted by atomic mass is 32.2. The largest absolute Gasteiger partial charge is 0.425 e. The van der Waals surface area contributed by atoms with Gasteiger partial charge in [0.2, 0.25) is 11.8 Å². The SMILES string of the molecule is CSCC[C@@H](NC(C)=O)C(=O)Oc1ccc(NC(C)=O)cc1. The highest BCUT2D eigenvalue weighted by Crippen LogP contribution is 2.16. The first-order valence-electron chi connectivity index (χ1n) is 6.77. The lowest BCUT2D eigenvalue weighted by molar-refractivity contribution is -0.139. The van der Waals surface area contributed by atoms with Crippen LogP contribution in [0.5, 0.6) is 5.75 Å². The van der Waals surface area contributed by atoms with Gasteiger partial charge in [0.25, 0.3) is 0 Å². The quantitative estimate of drug-likeness (QED) is 0.590. The fourth-order valence-electron chi connectivity index (χ4n) is 1.73. The molecule has 0 aliphatic rings. The molecule has 0 aliphatic carbocycles. The second-order valence-electron chi connectivity index (χ2n) is 4.66. The molecule has 1 aromatic carbocycles. The summed E-state index contributed by atoms with van der Waals surface area (Å²) in [5.74, 6) is 0.147. The maximum atomic E-state index is 12.1. The van der Waals surface area contributed by atoms with Crippen molar-refractivity contribution in [2.45, 2.75) is 26.3 Å². The second kappa shape index (κ2) is 9.09. The first kappa shape index (κ1) is 18.0. The number of esters is 1. The van der Waals surface area contributed by atoms with Crippen LogP contribution in [-0.2, 0) is 14.4 Å². The zero-order valence-electron chi connectivity index (χ0n) is 12.8. The molecular formula is C15H20N2O4S. The highest BCUT2D eigenvalue weighted by molar-refractivity contribution is 7.98. The van der Waals surface area contributed by atoms with Crippen molar-refractivity contribution in [3.63, 3.8) is 0 Å². The predicted octanol–water partition coefficient (Wildman–Crippen LogP) is 1.81. The number of carbonyl (C=O) groups is 3. The molecule has 120 valence electrons. The Kier molecular flexibility index (Phi) is 7.45. The van der Waals surface area contributed by atoms with Gasteiger partial charge in [-0.2, -0.15) is 11.8 Å². The number of amides is 2. The van der Waals surface area contributed by atoms with E-state index in [0.29, 0.717) is 17.9 Å². The van der Waals surface area contributed by atoms with Crippen LogP contribution in [0.2, 0.25) is 0 Å². The average Bonchev–Trinajstić information content (AvgIpc) is 2.44. The number of hydrogen-bond acceptors (Lipinski definition) is 5. The Labute approximate surface area is 134 Å². The van der Waals surface area contributed by atoms with Crippen LogP contribution in [0.25, 0.3) is 0 Å². The molecule has 1 atom stereocenters. The van der Waals surface area contributed by atoms with Crippen molar-refractivity contribution in [3.05, 3.63) is 24.3 Å². The molecule has 1 rings (SSSR count). The fourth-order valence-corrected chi connectivity index (χ4v) is 2.20. The van der Waals surface area contributed by atoms with Gasteiger partial charge in [0, 0.05) is 19.5 Å². The van der Waals surface area contributed by atoms with E-state index in [2.05, 4.69) is 10.6 Å². The van der Waals surface area contributed by atoms with Gasteiger partial charge in [0.1, 0.15) is 11.8 Å². The highest BCUT2D eigenvalue weighted by Gasteiger charge is 2.21. The summed E-state index contributed by atoms with van der Waals surface area (Å²) < 4.78 is 5.26. The van der Waals surface area contributed by atoms with Crippen LogP contribution in [0, 0.1) is 0 Å². The van der Waals surface area contributed by atoms with Crippen molar-refractivity contribution in [2.75, 3.05) is 17.3 Å². The second-order valence-corrected chi connectivity index (χ2v) is 5.65. The van der Waals surface area contributed by atoms with Crippen molar-refractivity contribution in [1.82, 2.24) is 5.32 Å². The molecule has 0 unspecified atom stereocenters. The Balaban J connectivity index is 2.67. The summed E-state index contributed by atoms with van der Waals surface area (Å²) in [6.07, 6.45) is 2.43. The third-order valence-corrected chi connectivity index (χ3v) is 3.31. The molecule has 2 N–H and O–H groups in total. The predicted molar refractivity (Wildman–Crippen MR) is 87.0 cm³/mol. The third kappa shape index (κ3) is 6.62. The Morgan fingerprint density at radius 3 is 2.27 bits per heavy atom. The summed E-state index contributed by atoms with van der Waals surface area (Å²) in [5, 5.41) is 5.21. The summed E-state index contributed by atoms with van der Waals surface area (Å²) in [6, 6.07) is 5.78. The molecule has 0 spiro atoms. The lowest BCUT2D eigenvalue weighted by Gasteiger charge is -2.16. The summed E-state index contributed by atoms with van der Waals surface area (Å²) >= 11 is 1.59. The van der Waals surface area contributed by atoms with E-state index in [4.69, 9.17) is 4.74 Å². The van der Waals surface area contributed by atoms with E-state index in [-0.39, 0.29) is 11.8 Å². The minimum absolute atomic E-state index is 0.174. The van der Waals surface area contributed by atoms with Crippen LogP contribution in [-0.4, -0.2) is 35.8 Å². The van der Waals surface area contributed by atoms with Gasteiger partial charge in [-0.1, -0.05) is 0 Å². The normalized spacial score (nSPS) is 11.4. The molecule has 0 heterocycles. The molecule has 0 fully saturated rings. The first-order chi connectivity index (χ1) is 10.4. The zero-order valence-corrected chi connectivity index (χ0v) is 13.7. The molecule has 6 nitrogen and oxygen atoms in total. The lowest BCUT2D eigenvalue weighted by atomic mass is 10.2. The minimum atomic E-state index is -0.667. The van der Waals surface area contributed by atoms with E-state index < -0.39 is 12.0 Å². The molecule has 0 saturated carbocycles. The summed E-state index contributed by atoms with van der Waals surface area (Å²) in [7, 11) is 0. The van der Waals surface area contributed by atoms with Crippen molar-refractivity contribution >= 4 is 35.2 Å². The number of thioether (sulfide) groups is 1. The van der Waals surface area contributed by atoms with Crippen LogP contribution >= 0.6 is 11.8 Å². The van der Waals surface area contributed by atoms with Crippen molar-refractivity contribution in [3.8, 4) is 5.75 Å². The molecule has 0 aromatic heterocycles. The number of benzene rings is 1. The standard InChI is InChI=1S/C15H20N2O4S/c1-10(18)16-12-4-6-13(7-5-12)21-15(20)14(8-9-22-3)17-11(2)19/h4-7,14H,8-9H2,1-3H3,(H,16,18)(H,17,19)/t14-/m1/s1. The van der Waals surface area contributed by atoms with E-state index in [1.54, 1.807) is 36.0 Å². The first-order valence-corrected chi connectivity index (χ1v) is 8.17. The van der Waals surface area contributed by atoms with Crippen LogP contribution in [0.1, 0.15) is 20.3 Å². The van der Waals surface area contributed by atoms with Gasteiger partial charge in [0.05, 0.1) is 0 Å². The van der Waals surface area contributed by atoms with E-state index in [1.807, 2.05) is 6.26 Å². The van der Waals surface area contributed by atoms with Gasteiger partial charge in [-0.05, 0) is 42.7 Å². The molecule has 7 heteroatoms.